The number of methoxy groups -OCH3 is 1. The Labute approximate surface area is 240 Å². The number of anilines is 1. The molecule has 0 radical (unpaired) electrons. The van der Waals surface area contributed by atoms with Crippen LogP contribution in [0.1, 0.15) is 28.7 Å². The summed E-state index contributed by atoms with van der Waals surface area (Å²) in [5, 5.41) is 9.01. The summed E-state index contributed by atoms with van der Waals surface area (Å²) in [4.78, 5) is 17.4. The van der Waals surface area contributed by atoms with Crippen LogP contribution in [0, 0.1) is 17.1 Å². The summed E-state index contributed by atoms with van der Waals surface area (Å²) in [6.07, 6.45) is -2.43. The van der Waals surface area contributed by atoms with E-state index in [1.54, 1.807) is 29.2 Å². The van der Waals surface area contributed by atoms with Gasteiger partial charge in [0.05, 0.1) is 43.2 Å². The number of amides is 1. The van der Waals surface area contributed by atoms with Crippen LogP contribution < -0.4 is 14.4 Å². The number of rotatable bonds is 8. The van der Waals surface area contributed by atoms with Crippen LogP contribution in [0.5, 0.6) is 17.2 Å². The summed E-state index contributed by atoms with van der Waals surface area (Å²) in [6.45, 7) is 4.30. The maximum atomic E-state index is 14.3. The molecular formula is C31H27F4N3O4. The summed E-state index contributed by atoms with van der Waals surface area (Å²) < 4.78 is 71.5. The fourth-order valence-corrected chi connectivity index (χ4v) is 5.02. The molecule has 11 heteroatoms. The van der Waals surface area contributed by atoms with E-state index in [0.29, 0.717) is 36.6 Å². The average Bonchev–Trinajstić information content (AvgIpc) is 3.23. The summed E-state index contributed by atoms with van der Waals surface area (Å²) in [5.74, 6) is -1.12. The van der Waals surface area contributed by atoms with Gasteiger partial charge in [0, 0.05) is 37.3 Å². The molecule has 0 bridgehead atoms. The first-order chi connectivity index (χ1) is 20.2. The highest BCUT2D eigenvalue weighted by Gasteiger charge is 2.35. The van der Waals surface area contributed by atoms with Gasteiger partial charge in [0.1, 0.15) is 11.6 Å². The van der Waals surface area contributed by atoms with Crippen molar-refractivity contribution in [3.63, 3.8) is 0 Å². The van der Waals surface area contributed by atoms with E-state index in [1.807, 2.05) is 0 Å². The molecule has 3 aromatic rings. The SMILES string of the molecule is COc1cc(C=C2C(=O)N(CCCN3CCOCC3)c3ccc(F)cc32)ccc1Oc1ccc(C#N)cc1C(F)(F)F. The second-order valence-corrected chi connectivity index (χ2v) is 9.82. The van der Waals surface area contributed by atoms with Gasteiger partial charge in [-0.15, -0.1) is 0 Å². The van der Waals surface area contributed by atoms with Crippen LogP contribution in [0.15, 0.2) is 54.6 Å². The maximum Gasteiger partial charge on any atom is 0.420 e. The largest absolute Gasteiger partial charge is 0.493 e. The van der Waals surface area contributed by atoms with E-state index in [0.717, 1.165) is 38.2 Å². The monoisotopic (exact) mass is 581 g/mol. The van der Waals surface area contributed by atoms with Crippen LogP contribution >= 0.6 is 0 Å². The molecule has 0 aliphatic carbocycles. The number of hydrogen-bond donors (Lipinski definition) is 0. The lowest BCUT2D eigenvalue weighted by atomic mass is 10.0. The molecule has 2 aliphatic heterocycles. The number of ether oxygens (including phenoxy) is 3. The van der Waals surface area contributed by atoms with Gasteiger partial charge in [-0.25, -0.2) is 4.39 Å². The number of alkyl halides is 3. The fraction of sp³-hybridized carbons (Fsp3) is 0.290. The molecule has 0 N–H and O–H groups in total. The van der Waals surface area contributed by atoms with Gasteiger partial charge in [-0.1, -0.05) is 6.07 Å². The molecule has 42 heavy (non-hydrogen) atoms. The minimum Gasteiger partial charge on any atom is -0.493 e. The Morgan fingerprint density at radius 3 is 2.48 bits per heavy atom. The Hall–Kier alpha value is -4.40. The van der Waals surface area contributed by atoms with Crippen molar-refractivity contribution in [3.8, 4) is 23.3 Å². The molecule has 2 aliphatic rings. The third-order valence-corrected chi connectivity index (χ3v) is 7.11. The molecule has 0 unspecified atom stereocenters. The van der Waals surface area contributed by atoms with Gasteiger partial charge < -0.3 is 19.1 Å². The van der Waals surface area contributed by atoms with Crippen molar-refractivity contribution in [1.82, 2.24) is 4.90 Å². The molecule has 1 fully saturated rings. The van der Waals surface area contributed by atoms with Gasteiger partial charge in [0.2, 0.25) is 0 Å². The summed E-state index contributed by atoms with van der Waals surface area (Å²) >= 11 is 0. The van der Waals surface area contributed by atoms with E-state index in [9.17, 15) is 22.4 Å². The summed E-state index contributed by atoms with van der Waals surface area (Å²) in [7, 11) is 1.34. The van der Waals surface area contributed by atoms with E-state index in [2.05, 4.69) is 4.90 Å². The lowest BCUT2D eigenvalue weighted by Crippen LogP contribution is -2.38. The van der Waals surface area contributed by atoms with Gasteiger partial charge in [0.25, 0.3) is 5.91 Å². The molecule has 3 aromatic carbocycles. The van der Waals surface area contributed by atoms with Crippen LogP contribution in [-0.2, 0) is 15.7 Å². The second-order valence-electron chi connectivity index (χ2n) is 9.82. The molecule has 2 heterocycles. The zero-order valence-corrected chi connectivity index (χ0v) is 22.7. The summed E-state index contributed by atoms with van der Waals surface area (Å²) in [5.41, 5.74) is 0.609. The molecule has 218 valence electrons. The predicted octanol–water partition coefficient (Wildman–Crippen LogP) is 6.13. The molecule has 1 amide bonds. The highest BCUT2D eigenvalue weighted by atomic mass is 19.4. The zero-order valence-electron chi connectivity index (χ0n) is 22.7. The van der Waals surface area contributed by atoms with Crippen molar-refractivity contribution >= 4 is 23.2 Å². The smallest absolute Gasteiger partial charge is 0.420 e. The third-order valence-electron chi connectivity index (χ3n) is 7.11. The predicted molar refractivity (Wildman–Crippen MR) is 148 cm³/mol. The number of nitriles is 1. The van der Waals surface area contributed by atoms with Crippen LogP contribution in [0.4, 0.5) is 23.2 Å². The van der Waals surface area contributed by atoms with E-state index < -0.39 is 23.3 Å². The topological polar surface area (TPSA) is 75.0 Å². The van der Waals surface area contributed by atoms with E-state index in [4.69, 9.17) is 19.5 Å². The number of carbonyl (C=O) groups excluding carboxylic acids is 1. The van der Waals surface area contributed by atoms with Gasteiger partial charge in [-0.05, 0) is 66.6 Å². The van der Waals surface area contributed by atoms with Crippen molar-refractivity contribution in [2.45, 2.75) is 12.6 Å². The Bertz CT molecular complexity index is 1560. The molecule has 1 saturated heterocycles. The molecular weight excluding hydrogens is 554 g/mol. The normalized spacial score (nSPS) is 16.4. The van der Waals surface area contributed by atoms with Gasteiger partial charge in [-0.2, -0.15) is 18.4 Å². The summed E-state index contributed by atoms with van der Waals surface area (Å²) in [6, 6.07) is 13.4. The lowest BCUT2D eigenvalue weighted by Gasteiger charge is -2.27. The van der Waals surface area contributed by atoms with Gasteiger partial charge >= 0.3 is 6.18 Å². The number of nitrogens with zero attached hydrogens (tertiary/aromatic N) is 3. The molecule has 5 rings (SSSR count). The standard InChI is InChI=1S/C31H27F4N3O4/c1-40-29-17-20(3-8-28(29)42-27-7-4-21(19-36)16-25(27)31(33,34)35)15-24-23-18-22(32)5-6-26(23)38(30(24)39)10-2-9-37-11-13-41-14-12-37/h3-8,15-18H,2,9-14H2,1H3. The Balaban J connectivity index is 1.40. The van der Waals surface area contributed by atoms with Crippen molar-refractivity contribution in [1.29, 1.82) is 5.26 Å². The highest BCUT2D eigenvalue weighted by molar-refractivity contribution is 6.35. The van der Waals surface area contributed by atoms with Crippen LogP contribution in [0.2, 0.25) is 0 Å². The number of hydrogen-bond acceptors (Lipinski definition) is 6. The van der Waals surface area contributed by atoms with Crippen molar-refractivity contribution in [3.05, 3.63) is 82.7 Å². The van der Waals surface area contributed by atoms with Crippen LogP contribution in [-0.4, -0.2) is 57.3 Å². The number of halogens is 4. The van der Waals surface area contributed by atoms with Crippen molar-refractivity contribution < 1.29 is 36.6 Å². The number of fused-ring (bicyclic) bond motifs is 1. The van der Waals surface area contributed by atoms with E-state index >= 15 is 0 Å². The Morgan fingerprint density at radius 1 is 1.00 bits per heavy atom. The number of morpholine rings is 1. The first-order valence-corrected chi connectivity index (χ1v) is 13.3. The minimum atomic E-state index is -4.75. The second kappa shape index (κ2) is 12.2. The quantitative estimate of drug-likeness (QED) is 0.236. The maximum absolute atomic E-state index is 14.3. The van der Waals surface area contributed by atoms with E-state index in [1.165, 1.54) is 37.4 Å². The number of benzene rings is 3. The number of carbonyl (C=O) groups is 1. The molecule has 0 atom stereocenters. The van der Waals surface area contributed by atoms with Crippen molar-refractivity contribution in [2.75, 3.05) is 51.4 Å². The molecule has 0 spiro atoms. The van der Waals surface area contributed by atoms with E-state index in [-0.39, 0.29) is 28.5 Å². The van der Waals surface area contributed by atoms with Crippen molar-refractivity contribution in [2.24, 2.45) is 0 Å². The third kappa shape index (κ3) is 6.25. The molecule has 0 aromatic heterocycles. The zero-order chi connectivity index (χ0) is 29.9. The lowest BCUT2D eigenvalue weighted by molar-refractivity contribution is -0.138. The highest BCUT2D eigenvalue weighted by Crippen LogP contribution is 2.42. The van der Waals surface area contributed by atoms with Crippen LogP contribution in [0.25, 0.3) is 11.6 Å². The molecule has 7 nitrogen and oxygen atoms in total. The fourth-order valence-electron chi connectivity index (χ4n) is 5.02. The average molecular weight is 582 g/mol. The molecule has 0 saturated carbocycles. The van der Waals surface area contributed by atoms with Gasteiger partial charge in [-0.3, -0.25) is 9.69 Å². The van der Waals surface area contributed by atoms with Crippen LogP contribution in [0.3, 0.4) is 0 Å². The Kier molecular flexibility index (Phi) is 8.47. The first kappa shape index (κ1) is 29.1. The van der Waals surface area contributed by atoms with Gasteiger partial charge in [0.15, 0.2) is 11.5 Å². The first-order valence-electron chi connectivity index (χ1n) is 13.3. The minimum absolute atomic E-state index is 0.00351. The Morgan fingerprint density at radius 2 is 1.76 bits per heavy atom.